The standard InChI is InChI=1S/C16H24N2O4S/c1-4-15(16(19)17-8-10-22-11-9-17)18(23(3,20)21)14-7-5-6-13(2)12-14/h5-7,12,15H,4,8-11H2,1-3H3/t15-/m0/s1. The number of nitrogens with zero attached hydrogens (tertiary/aromatic N) is 2. The van der Waals surface area contributed by atoms with Crippen molar-refractivity contribution >= 4 is 21.6 Å². The first-order valence-corrected chi connectivity index (χ1v) is 9.62. The van der Waals surface area contributed by atoms with Crippen molar-refractivity contribution in [3.63, 3.8) is 0 Å². The van der Waals surface area contributed by atoms with Crippen LogP contribution in [0.1, 0.15) is 18.9 Å². The van der Waals surface area contributed by atoms with E-state index >= 15 is 0 Å². The molecule has 1 aliphatic heterocycles. The number of anilines is 1. The Balaban J connectivity index is 2.38. The number of carbonyl (C=O) groups excluding carboxylic acids is 1. The molecule has 1 fully saturated rings. The molecule has 6 nitrogen and oxygen atoms in total. The largest absolute Gasteiger partial charge is 0.378 e. The SMILES string of the molecule is CC[C@@H](C(=O)N1CCOCC1)N(c1cccc(C)c1)S(C)(=O)=O. The van der Waals surface area contributed by atoms with Gasteiger partial charge < -0.3 is 9.64 Å². The Bertz CT molecular complexity index is 654. The molecule has 1 aromatic rings. The van der Waals surface area contributed by atoms with Crippen molar-refractivity contribution in [2.45, 2.75) is 26.3 Å². The molecule has 23 heavy (non-hydrogen) atoms. The number of carbonyl (C=O) groups is 1. The molecule has 1 aromatic carbocycles. The molecule has 1 heterocycles. The quantitative estimate of drug-likeness (QED) is 0.813. The summed E-state index contributed by atoms with van der Waals surface area (Å²) in [6.07, 6.45) is 1.56. The van der Waals surface area contributed by atoms with Crippen molar-refractivity contribution in [2.75, 3.05) is 36.9 Å². The molecule has 0 aliphatic carbocycles. The molecule has 1 aliphatic rings. The summed E-state index contributed by atoms with van der Waals surface area (Å²) in [6, 6.07) is 6.48. The van der Waals surface area contributed by atoms with Crippen LogP contribution in [0.15, 0.2) is 24.3 Å². The van der Waals surface area contributed by atoms with Crippen molar-refractivity contribution in [1.29, 1.82) is 0 Å². The minimum Gasteiger partial charge on any atom is -0.378 e. The van der Waals surface area contributed by atoms with Crippen LogP contribution in [0.3, 0.4) is 0 Å². The fourth-order valence-electron chi connectivity index (χ4n) is 2.80. The summed E-state index contributed by atoms with van der Waals surface area (Å²) < 4.78 is 31.2. The van der Waals surface area contributed by atoms with E-state index < -0.39 is 16.1 Å². The summed E-state index contributed by atoms with van der Waals surface area (Å²) in [5, 5.41) is 0. The Hall–Kier alpha value is -1.60. The molecule has 2 rings (SSSR count). The minimum absolute atomic E-state index is 0.164. The van der Waals surface area contributed by atoms with Crippen LogP contribution < -0.4 is 4.31 Å². The predicted octanol–water partition coefficient (Wildman–Crippen LogP) is 1.40. The molecular formula is C16H24N2O4S. The Kier molecular flexibility index (Phi) is 5.64. The van der Waals surface area contributed by atoms with Gasteiger partial charge in [-0.25, -0.2) is 8.42 Å². The molecule has 128 valence electrons. The number of aryl methyl sites for hydroxylation is 1. The lowest BCUT2D eigenvalue weighted by Gasteiger charge is -2.35. The van der Waals surface area contributed by atoms with Crippen LogP contribution in [0.4, 0.5) is 5.69 Å². The van der Waals surface area contributed by atoms with Gasteiger partial charge in [-0.3, -0.25) is 9.10 Å². The van der Waals surface area contributed by atoms with E-state index in [-0.39, 0.29) is 5.91 Å². The molecule has 7 heteroatoms. The van der Waals surface area contributed by atoms with E-state index in [0.717, 1.165) is 11.8 Å². The van der Waals surface area contributed by atoms with E-state index in [1.54, 1.807) is 23.1 Å². The monoisotopic (exact) mass is 340 g/mol. The summed E-state index contributed by atoms with van der Waals surface area (Å²) >= 11 is 0. The first-order valence-electron chi connectivity index (χ1n) is 7.77. The van der Waals surface area contributed by atoms with Gasteiger partial charge in [0.25, 0.3) is 0 Å². The molecule has 0 spiro atoms. The maximum absolute atomic E-state index is 12.8. The summed E-state index contributed by atoms with van der Waals surface area (Å²) in [5.74, 6) is -0.164. The smallest absolute Gasteiger partial charge is 0.246 e. The molecule has 0 radical (unpaired) electrons. The predicted molar refractivity (Wildman–Crippen MR) is 90.0 cm³/mol. The van der Waals surface area contributed by atoms with E-state index in [2.05, 4.69) is 0 Å². The van der Waals surface area contributed by atoms with Crippen LogP contribution >= 0.6 is 0 Å². The maximum atomic E-state index is 12.8. The van der Waals surface area contributed by atoms with Gasteiger partial charge in [0.05, 0.1) is 25.2 Å². The summed E-state index contributed by atoms with van der Waals surface area (Å²) in [4.78, 5) is 14.5. The highest BCUT2D eigenvalue weighted by Crippen LogP contribution is 2.24. The number of morpholine rings is 1. The second-order valence-electron chi connectivity index (χ2n) is 5.76. The normalized spacial score (nSPS) is 16.9. The van der Waals surface area contributed by atoms with Gasteiger partial charge in [-0.05, 0) is 31.0 Å². The number of benzene rings is 1. The summed E-state index contributed by atoms with van der Waals surface area (Å²) in [7, 11) is -3.58. The highest BCUT2D eigenvalue weighted by Gasteiger charge is 2.34. The van der Waals surface area contributed by atoms with Crippen LogP contribution in [0.2, 0.25) is 0 Å². The number of ether oxygens (including phenoxy) is 1. The minimum atomic E-state index is -3.58. The van der Waals surface area contributed by atoms with Crippen molar-refractivity contribution < 1.29 is 17.9 Å². The number of hydrogen-bond acceptors (Lipinski definition) is 4. The van der Waals surface area contributed by atoms with Crippen LogP contribution in [-0.2, 0) is 19.6 Å². The summed E-state index contributed by atoms with van der Waals surface area (Å²) in [5.41, 5.74) is 1.48. The Morgan fingerprint density at radius 1 is 1.35 bits per heavy atom. The lowest BCUT2D eigenvalue weighted by atomic mass is 10.1. The topological polar surface area (TPSA) is 66.9 Å². The van der Waals surface area contributed by atoms with Gasteiger partial charge in [0.2, 0.25) is 15.9 Å². The molecular weight excluding hydrogens is 316 g/mol. The van der Waals surface area contributed by atoms with Crippen LogP contribution in [0, 0.1) is 6.92 Å². The van der Waals surface area contributed by atoms with E-state index in [4.69, 9.17) is 4.74 Å². The third-order valence-corrected chi connectivity index (χ3v) is 5.07. The molecule has 0 saturated carbocycles. The number of sulfonamides is 1. The van der Waals surface area contributed by atoms with E-state index in [1.165, 1.54) is 4.31 Å². The van der Waals surface area contributed by atoms with Gasteiger partial charge in [-0.2, -0.15) is 0 Å². The van der Waals surface area contributed by atoms with E-state index in [0.29, 0.717) is 38.4 Å². The van der Waals surface area contributed by atoms with Crippen LogP contribution in [-0.4, -0.2) is 57.8 Å². The first kappa shape index (κ1) is 17.7. The second kappa shape index (κ2) is 7.31. The Morgan fingerprint density at radius 3 is 2.52 bits per heavy atom. The lowest BCUT2D eigenvalue weighted by Crippen LogP contribution is -2.53. The number of rotatable bonds is 5. The zero-order valence-electron chi connectivity index (χ0n) is 13.9. The Labute approximate surface area is 138 Å². The van der Waals surface area contributed by atoms with Gasteiger partial charge in [-0.1, -0.05) is 19.1 Å². The van der Waals surface area contributed by atoms with Gasteiger partial charge in [0.1, 0.15) is 6.04 Å². The van der Waals surface area contributed by atoms with Crippen molar-refractivity contribution in [3.05, 3.63) is 29.8 Å². The van der Waals surface area contributed by atoms with Gasteiger partial charge in [0, 0.05) is 13.1 Å². The average Bonchev–Trinajstić information content (AvgIpc) is 2.51. The molecule has 0 N–H and O–H groups in total. The first-order chi connectivity index (χ1) is 10.8. The fourth-order valence-corrected chi connectivity index (χ4v) is 4.00. The number of amides is 1. The fraction of sp³-hybridized carbons (Fsp3) is 0.562. The van der Waals surface area contributed by atoms with E-state index in [1.807, 2.05) is 19.9 Å². The third kappa shape index (κ3) is 4.23. The molecule has 1 atom stereocenters. The molecule has 0 aromatic heterocycles. The zero-order valence-corrected chi connectivity index (χ0v) is 14.7. The molecule has 1 saturated heterocycles. The van der Waals surface area contributed by atoms with Crippen LogP contribution in [0.25, 0.3) is 0 Å². The highest BCUT2D eigenvalue weighted by atomic mass is 32.2. The number of hydrogen-bond donors (Lipinski definition) is 0. The molecule has 1 amide bonds. The zero-order chi connectivity index (χ0) is 17.0. The lowest BCUT2D eigenvalue weighted by molar-refractivity contribution is -0.136. The molecule has 0 unspecified atom stereocenters. The van der Waals surface area contributed by atoms with Crippen molar-refractivity contribution in [1.82, 2.24) is 4.90 Å². The highest BCUT2D eigenvalue weighted by molar-refractivity contribution is 7.92. The maximum Gasteiger partial charge on any atom is 0.246 e. The Morgan fingerprint density at radius 2 is 2.00 bits per heavy atom. The van der Waals surface area contributed by atoms with Gasteiger partial charge >= 0.3 is 0 Å². The third-order valence-electron chi connectivity index (χ3n) is 3.89. The second-order valence-corrected chi connectivity index (χ2v) is 7.62. The van der Waals surface area contributed by atoms with Gasteiger partial charge in [0.15, 0.2) is 0 Å². The van der Waals surface area contributed by atoms with Crippen molar-refractivity contribution in [2.24, 2.45) is 0 Å². The molecule has 0 bridgehead atoms. The van der Waals surface area contributed by atoms with Crippen LogP contribution in [0.5, 0.6) is 0 Å². The van der Waals surface area contributed by atoms with E-state index in [9.17, 15) is 13.2 Å². The average molecular weight is 340 g/mol. The van der Waals surface area contributed by atoms with Gasteiger partial charge in [-0.15, -0.1) is 0 Å². The van der Waals surface area contributed by atoms with Crippen molar-refractivity contribution in [3.8, 4) is 0 Å². The summed E-state index contributed by atoms with van der Waals surface area (Å²) in [6.45, 7) is 5.71.